The van der Waals surface area contributed by atoms with Gasteiger partial charge in [0, 0.05) is 18.1 Å². The first-order valence-electron chi connectivity index (χ1n) is 5.50. The Hall–Kier alpha value is -1.40. The molecular weight excluding hydrogens is 331 g/mol. The Morgan fingerprint density at radius 3 is 2.89 bits per heavy atom. The molecule has 19 heavy (non-hydrogen) atoms. The van der Waals surface area contributed by atoms with Crippen LogP contribution in [0.4, 0.5) is 10.1 Å². The van der Waals surface area contributed by atoms with E-state index < -0.39 is 5.82 Å². The van der Waals surface area contributed by atoms with Gasteiger partial charge in [0.2, 0.25) is 0 Å². The second-order valence-corrected chi connectivity index (χ2v) is 5.78. The number of nitrogens with zero attached hydrogens (tertiary/aromatic N) is 1. The van der Waals surface area contributed by atoms with Crippen molar-refractivity contribution in [1.82, 2.24) is 4.90 Å². The van der Waals surface area contributed by atoms with E-state index in [1.807, 2.05) is 16.8 Å². The molecule has 3 nitrogen and oxygen atoms in total. The van der Waals surface area contributed by atoms with Crippen molar-refractivity contribution >= 4 is 38.9 Å². The van der Waals surface area contributed by atoms with Gasteiger partial charge in [0.1, 0.15) is 5.82 Å². The third-order valence-electron chi connectivity index (χ3n) is 2.66. The summed E-state index contributed by atoms with van der Waals surface area (Å²) in [6, 6.07) is 4.52. The van der Waals surface area contributed by atoms with Crippen molar-refractivity contribution in [2.75, 3.05) is 12.8 Å². The first-order chi connectivity index (χ1) is 8.99. The lowest BCUT2D eigenvalue weighted by atomic mass is 10.1. The number of hydrogen-bond donors (Lipinski definition) is 1. The molecule has 6 heteroatoms. The van der Waals surface area contributed by atoms with Crippen molar-refractivity contribution in [2.45, 2.75) is 6.54 Å². The smallest absolute Gasteiger partial charge is 0.255 e. The van der Waals surface area contributed by atoms with E-state index in [0.29, 0.717) is 16.6 Å². The summed E-state index contributed by atoms with van der Waals surface area (Å²) in [5.74, 6) is -0.742. The van der Waals surface area contributed by atoms with E-state index >= 15 is 0 Å². The van der Waals surface area contributed by atoms with E-state index in [0.717, 1.165) is 5.56 Å². The van der Waals surface area contributed by atoms with Crippen molar-refractivity contribution in [2.24, 2.45) is 0 Å². The molecule has 1 heterocycles. The minimum absolute atomic E-state index is 0.0320. The summed E-state index contributed by atoms with van der Waals surface area (Å²) < 4.78 is 13.7. The fourth-order valence-electron chi connectivity index (χ4n) is 1.66. The van der Waals surface area contributed by atoms with Crippen LogP contribution >= 0.6 is 27.3 Å². The number of rotatable bonds is 3. The molecule has 2 N–H and O–H groups in total. The number of nitrogen functional groups attached to an aromatic ring is 1. The molecule has 2 rings (SSSR count). The zero-order chi connectivity index (χ0) is 14.0. The second-order valence-electron chi connectivity index (χ2n) is 4.15. The molecule has 0 atom stereocenters. The first kappa shape index (κ1) is 14.0. The SMILES string of the molecule is CN(Cc1ccsc1)C(=O)c1cc(N)c(F)cc1Br. The predicted octanol–water partition coefficient (Wildman–Crippen LogP) is 3.50. The van der Waals surface area contributed by atoms with Gasteiger partial charge in [-0.25, -0.2) is 4.39 Å². The molecule has 1 aromatic carbocycles. The summed E-state index contributed by atoms with van der Waals surface area (Å²) in [4.78, 5) is 13.8. The lowest BCUT2D eigenvalue weighted by Gasteiger charge is -2.17. The average molecular weight is 343 g/mol. The number of thiophene rings is 1. The van der Waals surface area contributed by atoms with Gasteiger partial charge in [0.25, 0.3) is 5.91 Å². The number of carbonyl (C=O) groups excluding carboxylic acids is 1. The molecule has 0 aliphatic carbocycles. The van der Waals surface area contributed by atoms with Gasteiger partial charge >= 0.3 is 0 Å². The molecule has 0 unspecified atom stereocenters. The van der Waals surface area contributed by atoms with E-state index in [2.05, 4.69) is 15.9 Å². The third kappa shape index (κ3) is 3.13. The number of nitrogens with two attached hydrogens (primary N) is 1. The maximum Gasteiger partial charge on any atom is 0.255 e. The molecule has 0 radical (unpaired) electrons. The fourth-order valence-corrected chi connectivity index (χ4v) is 2.81. The average Bonchev–Trinajstić information content (AvgIpc) is 2.85. The van der Waals surface area contributed by atoms with Gasteiger partial charge in [-0.1, -0.05) is 0 Å². The number of anilines is 1. The second kappa shape index (κ2) is 5.71. The molecule has 2 aromatic rings. The number of amides is 1. The van der Waals surface area contributed by atoms with Crippen molar-refractivity contribution in [1.29, 1.82) is 0 Å². The van der Waals surface area contributed by atoms with Crippen molar-refractivity contribution < 1.29 is 9.18 Å². The van der Waals surface area contributed by atoms with Gasteiger partial charge in [-0.3, -0.25) is 4.79 Å². The van der Waals surface area contributed by atoms with Crippen LogP contribution in [0.5, 0.6) is 0 Å². The molecule has 0 spiro atoms. The van der Waals surface area contributed by atoms with E-state index in [1.165, 1.54) is 12.1 Å². The number of carbonyl (C=O) groups is 1. The zero-order valence-corrected chi connectivity index (χ0v) is 12.6. The van der Waals surface area contributed by atoms with Gasteiger partial charge in [0.05, 0.1) is 11.3 Å². The molecule has 0 aliphatic rings. The van der Waals surface area contributed by atoms with Crippen LogP contribution in [0.15, 0.2) is 33.4 Å². The largest absolute Gasteiger partial charge is 0.396 e. The Bertz CT molecular complexity index is 601. The van der Waals surface area contributed by atoms with Crippen LogP contribution in [0.25, 0.3) is 0 Å². The zero-order valence-electron chi connectivity index (χ0n) is 10.2. The van der Waals surface area contributed by atoms with E-state index in [4.69, 9.17) is 5.73 Å². The van der Waals surface area contributed by atoms with Crippen LogP contribution in [-0.2, 0) is 6.54 Å². The maximum atomic E-state index is 13.3. The quantitative estimate of drug-likeness (QED) is 0.867. The summed E-state index contributed by atoms with van der Waals surface area (Å²) in [5.41, 5.74) is 6.89. The summed E-state index contributed by atoms with van der Waals surface area (Å²) in [6.07, 6.45) is 0. The molecule has 0 saturated carbocycles. The van der Waals surface area contributed by atoms with Crippen LogP contribution in [0.1, 0.15) is 15.9 Å². The topological polar surface area (TPSA) is 46.3 Å². The maximum absolute atomic E-state index is 13.3. The lowest BCUT2D eigenvalue weighted by Crippen LogP contribution is -2.26. The van der Waals surface area contributed by atoms with Gasteiger partial charge in [-0.05, 0) is 50.5 Å². The van der Waals surface area contributed by atoms with Gasteiger partial charge in [-0.2, -0.15) is 11.3 Å². The van der Waals surface area contributed by atoms with Crippen molar-refractivity contribution in [3.8, 4) is 0 Å². The van der Waals surface area contributed by atoms with E-state index in [1.54, 1.807) is 23.3 Å². The third-order valence-corrected chi connectivity index (χ3v) is 4.05. The Labute approximate surface area is 123 Å². The summed E-state index contributed by atoms with van der Waals surface area (Å²) in [6.45, 7) is 0.506. The minimum atomic E-state index is -0.538. The molecular formula is C13H12BrFN2OS. The Kier molecular flexibility index (Phi) is 4.21. The van der Waals surface area contributed by atoms with Crippen LogP contribution in [-0.4, -0.2) is 17.9 Å². The Balaban J connectivity index is 2.21. The van der Waals surface area contributed by atoms with Crippen molar-refractivity contribution in [3.63, 3.8) is 0 Å². The lowest BCUT2D eigenvalue weighted by molar-refractivity contribution is 0.0784. The first-order valence-corrected chi connectivity index (χ1v) is 7.23. The van der Waals surface area contributed by atoms with Gasteiger partial charge < -0.3 is 10.6 Å². The summed E-state index contributed by atoms with van der Waals surface area (Å²) in [7, 11) is 1.70. The van der Waals surface area contributed by atoms with Crippen LogP contribution in [0.3, 0.4) is 0 Å². The Morgan fingerprint density at radius 1 is 1.53 bits per heavy atom. The monoisotopic (exact) mass is 342 g/mol. The van der Waals surface area contributed by atoms with Gasteiger partial charge in [-0.15, -0.1) is 0 Å². The van der Waals surface area contributed by atoms with E-state index in [-0.39, 0.29) is 11.6 Å². The highest BCUT2D eigenvalue weighted by Crippen LogP contribution is 2.24. The fraction of sp³-hybridized carbons (Fsp3) is 0.154. The number of halogens is 2. The predicted molar refractivity (Wildman–Crippen MR) is 78.6 cm³/mol. The van der Waals surface area contributed by atoms with Crippen LogP contribution in [0.2, 0.25) is 0 Å². The normalized spacial score (nSPS) is 10.5. The van der Waals surface area contributed by atoms with Crippen LogP contribution in [0, 0.1) is 5.82 Å². The van der Waals surface area contributed by atoms with E-state index in [9.17, 15) is 9.18 Å². The molecule has 1 amide bonds. The molecule has 0 bridgehead atoms. The number of hydrogen-bond acceptors (Lipinski definition) is 3. The highest BCUT2D eigenvalue weighted by molar-refractivity contribution is 9.10. The van der Waals surface area contributed by atoms with Crippen molar-refractivity contribution in [3.05, 3.63) is 50.4 Å². The highest BCUT2D eigenvalue weighted by Gasteiger charge is 2.17. The van der Waals surface area contributed by atoms with Gasteiger partial charge in [0.15, 0.2) is 0 Å². The molecule has 1 aromatic heterocycles. The standard InChI is InChI=1S/C13H12BrFN2OS/c1-17(6-8-2-3-19-7-8)13(18)9-4-12(16)11(15)5-10(9)14/h2-5,7H,6,16H2,1H3. The summed E-state index contributed by atoms with van der Waals surface area (Å²) in [5, 5.41) is 3.94. The molecule has 0 fully saturated rings. The van der Waals surface area contributed by atoms with Crippen LogP contribution < -0.4 is 5.73 Å². The molecule has 0 aliphatic heterocycles. The molecule has 0 saturated heterocycles. The Morgan fingerprint density at radius 2 is 2.26 bits per heavy atom. The molecule has 100 valence electrons. The minimum Gasteiger partial charge on any atom is -0.396 e. The summed E-state index contributed by atoms with van der Waals surface area (Å²) >= 11 is 4.77. The number of benzene rings is 1. The highest BCUT2D eigenvalue weighted by atomic mass is 79.9.